The van der Waals surface area contributed by atoms with Gasteiger partial charge in [0.15, 0.2) is 0 Å². The Hall–Kier alpha value is -0.610. The summed E-state index contributed by atoms with van der Waals surface area (Å²) < 4.78 is 0. The molecule has 1 aliphatic heterocycles. The fraction of sp³-hybridized carbons (Fsp3) is 0.714. The number of hydrogen-bond acceptors (Lipinski definition) is 3. The van der Waals surface area contributed by atoms with Crippen LogP contribution in [0.2, 0.25) is 0 Å². The van der Waals surface area contributed by atoms with E-state index in [-0.39, 0.29) is 5.92 Å². The molecule has 11 heavy (non-hydrogen) atoms. The number of carbonyl (C=O) groups is 1. The van der Waals surface area contributed by atoms with Crippen molar-refractivity contribution in [2.24, 2.45) is 11.7 Å². The second-order valence-electron chi connectivity index (χ2n) is 2.82. The first-order valence-corrected chi connectivity index (χ1v) is 3.75. The summed E-state index contributed by atoms with van der Waals surface area (Å²) in [4.78, 5) is 10.5. The molecule has 4 nitrogen and oxygen atoms in total. The monoisotopic (exact) mass is 157 g/mol. The van der Waals surface area contributed by atoms with Gasteiger partial charge >= 0.3 is 5.97 Å². The van der Waals surface area contributed by atoms with Gasteiger partial charge in [-0.2, -0.15) is 0 Å². The quantitative estimate of drug-likeness (QED) is 0.508. The standard InChI is InChI=1S/C7H13N2O2/c8-4-5-1-2-9-6(3-5)7(10)11/h4-6,9H,1-3,8H2,(H,10,11). The van der Waals surface area contributed by atoms with Crippen LogP contribution < -0.4 is 11.1 Å². The molecule has 2 atom stereocenters. The number of hydrogen-bond donors (Lipinski definition) is 3. The zero-order valence-corrected chi connectivity index (χ0v) is 6.29. The zero-order chi connectivity index (χ0) is 8.27. The molecule has 0 aromatic carbocycles. The lowest BCUT2D eigenvalue weighted by molar-refractivity contribution is -0.140. The van der Waals surface area contributed by atoms with Gasteiger partial charge < -0.3 is 16.2 Å². The Balaban J connectivity index is 2.39. The van der Waals surface area contributed by atoms with E-state index in [1.165, 1.54) is 0 Å². The fourth-order valence-corrected chi connectivity index (χ4v) is 1.31. The van der Waals surface area contributed by atoms with Gasteiger partial charge in [-0.05, 0) is 25.3 Å². The number of rotatable bonds is 2. The minimum absolute atomic E-state index is 0.261. The van der Waals surface area contributed by atoms with Crippen molar-refractivity contribution >= 4 is 5.97 Å². The Bertz CT molecular complexity index is 149. The number of nitrogens with one attached hydrogen (secondary N) is 1. The molecule has 0 amide bonds. The molecule has 0 bridgehead atoms. The van der Waals surface area contributed by atoms with Crippen LogP contribution in [0.5, 0.6) is 0 Å². The number of aliphatic carboxylic acids is 1. The molecular formula is C7H13N2O2. The van der Waals surface area contributed by atoms with Gasteiger partial charge in [0, 0.05) is 6.54 Å². The van der Waals surface area contributed by atoms with E-state index in [0.717, 1.165) is 13.0 Å². The molecule has 1 radical (unpaired) electrons. The molecule has 0 aliphatic carbocycles. The maximum absolute atomic E-state index is 10.5. The van der Waals surface area contributed by atoms with Gasteiger partial charge in [-0.1, -0.05) is 0 Å². The van der Waals surface area contributed by atoms with Crippen molar-refractivity contribution < 1.29 is 9.90 Å². The van der Waals surface area contributed by atoms with Gasteiger partial charge in [0.25, 0.3) is 0 Å². The Kier molecular flexibility index (Phi) is 2.84. The molecular weight excluding hydrogens is 144 g/mol. The van der Waals surface area contributed by atoms with Crippen LogP contribution in [0.3, 0.4) is 0 Å². The smallest absolute Gasteiger partial charge is 0.320 e. The summed E-state index contributed by atoms with van der Waals surface area (Å²) >= 11 is 0. The summed E-state index contributed by atoms with van der Waals surface area (Å²) in [7, 11) is 0. The van der Waals surface area contributed by atoms with Crippen molar-refractivity contribution in [1.82, 2.24) is 5.32 Å². The first-order valence-electron chi connectivity index (χ1n) is 3.75. The molecule has 4 N–H and O–H groups in total. The van der Waals surface area contributed by atoms with E-state index in [2.05, 4.69) is 5.32 Å². The van der Waals surface area contributed by atoms with Crippen molar-refractivity contribution in [3.63, 3.8) is 0 Å². The van der Waals surface area contributed by atoms with Crippen molar-refractivity contribution in [3.8, 4) is 0 Å². The van der Waals surface area contributed by atoms with Gasteiger partial charge in [0.1, 0.15) is 6.04 Å². The highest BCUT2D eigenvalue weighted by Crippen LogP contribution is 2.16. The highest BCUT2D eigenvalue weighted by molar-refractivity contribution is 5.73. The number of piperidine rings is 1. The van der Waals surface area contributed by atoms with Crippen LogP contribution in [0.4, 0.5) is 0 Å². The van der Waals surface area contributed by atoms with E-state index >= 15 is 0 Å². The van der Waals surface area contributed by atoms with Gasteiger partial charge in [-0.15, -0.1) is 0 Å². The largest absolute Gasteiger partial charge is 0.480 e. The lowest BCUT2D eigenvalue weighted by Gasteiger charge is -2.26. The molecule has 2 unspecified atom stereocenters. The minimum atomic E-state index is -0.781. The summed E-state index contributed by atoms with van der Waals surface area (Å²) in [5.74, 6) is -0.520. The topological polar surface area (TPSA) is 75.3 Å². The average Bonchev–Trinajstić information content (AvgIpc) is 2.05. The molecule has 63 valence electrons. The molecule has 0 saturated carbocycles. The van der Waals surface area contributed by atoms with E-state index in [4.69, 9.17) is 10.8 Å². The Morgan fingerprint density at radius 3 is 3.00 bits per heavy atom. The van der Waals surface area contributed by atoms with E-state index < -0.39 is 12.0 Å². The van der Waals surface area contributed by atoms with Gasteiger partial charge in [-0.3, -0.25) is 4.79 Å². The molecule has 0 aromatic rings. The van der Waals surface area contributed by atoms with Crippen molar-refractivity contribution in [2.45, 2.75) is 18.9 Å². The number of nitrogens with two attached hydrogens (primary N) is 1. The predicted octanol–water partition coefficient (Wildman–Crippen LogP) is -0.440. The molecule has 1 rings (SSSR count). The third-order valence-electron chi connectivity index (χ3n) is 2.01. The predicted molar refractivity (Wildman–Crippen MR) is 40.6 cm³/mol. The zero-order valence-electron chi connectivity index (χ0n) is 6.29. The summed E-state index contributed by atoms with van der Waals surface area (Å²) in [6, 6.07) is -0.409. The molecule has 4 heteroatoms. The van der Waals surface area contributed by atoms with Gasteiger partial charge in [0.05, 0.1) is 0 Å². The molecule has 1 fully saturated rings. The Morgan fingerprint density at radius 2 is 2.45 bits per heavy atom. The Labute approximate surface area is 65.8 Å². The number of carboxylic acids is 1. The lowest BCUT2D eigenvalue weighted by Crippen LogP contribution is -2.44. The summed E-state index contributed by atoms with van der Waals surface area (Å²) in [5, 5.41) is 11.5. The highest BCUT2D eigenvalue weighted by atomic mass is 16.4. The summed E-state index contributed by atoms with van der Waals surface area (Å²) in [5.41, 5.74) is 5.32. The van der Waals surface area contributed by atoms with Crippen LogP contribution in [0.15, 0.2) is 0 Å². The van der Waals surface area contributed by atoms with E-state index in [1.54, 1.807) is 6.54 Å². The molecule has 0 spiro atoms. The second-order valence-corrected chi connectivity index (χ2v) is 2.82. The van der Waals surface area contributed by atoms with Crippen molar-refractivity contribution in [1.29, 1.82) is 0 Å². The average molecular weight is 157 g/mol. The minimum Gasteiger partial charge on any atom is -0.480 e. The first-order chi connectivity index (χ1) is 5.24. The summed E-state index contributed by atoms with van der Waals surface area (Å²) in [6.07, 6.45) is 1.56. The molecule has 0 aromatic heterocycles. The first kappa shape index (κ1) is 8.49. The Morgan fingerprint density at radius 1 is 1.73 bits per heavy atom. The van der Waals surface area contributed by atoms with E-state index in [1.807, 2.05) is 0 Å². The van der Waals surface area contributed by atoms with Crippen LogP contribution >= 0.6 is 0 Å². The normalized spacial score (nSPS) is 31.7. The third-order valence-corrected chi connectivity index (χ3v) is 2.01. The van der Waals surface area contributed by atoms with E-state index in [9.17, 15) is 4.79 Å². The maximum Gasteiger partial charge on any atom is 0.320 e. The van der Waals surface area contributed by atoms with Crippen LogP contribution in [0.25, 0.3) is 0 Å². The molecule has 1 saturated heterocycles. The van der Waals surface area contributed by atoms with Gasteiger partial charge in [0.2, 0.25) is 0 Å². The van der Waals surface area contributed by atoms with Crippen LogP contribution in [-0.4, -0.2) is 23.7 Å². The van der Waals surface area contributed by atoms with Crippen LogP contribution in [0.1, 0.15) is 12.8 Å². The maximum atomic E-state index is 10.5. The van der Waals surface area contributed by atoms with Crippen molar-refractivity contribution in [3.05, 3.63) is 6.54 Å². The summed E-state index contributed by atoms with van der Waals surface area (Å²) in [6.45, 7) is 2.34. The molecule has 1 aliphatic rings. The van der Waals surface area contributed by atoms with Crippen LogP contribution in [0, 0.1) is 12.5 Å². The third kappa shape index (κ3) is 2.17. The van der Waals surface area contributed by atoms with Gasteiger partial charge in [-0.25, -0.2) is 0 Å². The SMILES string of the molecule is N[CH]C1CCNC(C(=O)O)C1. The fourth-order valence-electron chi connectivity index (χ4n) is 1.31. The highest BCUT2D eigenvalue weighted by Gasteiger charge is 2.25. The molecule has 1 heterocycles. The second kappa shape index (κ2) is 3.69. The van der Waals surface area contributed by atoms with Crippen molar-refractivity contribution in [2.75, 3.05) is 6.54 Å². The van der Waals surface area contributed by atoms with Crippen LogP contribution in [-0.2, 0) is 4.79 Å². The number of carboxylic acid groups (broad SMARTS) is 1. The van der Waals surface area contributed by atoms with E-state index in [0.29, 0.717) is 6.42 Å². The lowest BCUT2D eigenvalue weighted by atomic mass is 9.93.